The summed E-state index contributed by atoms with van der Waals surface area (Å²) in [6.45, 7) is 3.82. The molecule has 0 bridgehead atoms. The first-order valence-corrected chi connectivity index (χ1v) is 6.51. The van der Waals surface area contributed by atoms with Crippen molar-refractivity contribution in [3.63, 3.8) is 0 Å². The van der Waals surface area contributed by atoms with E-state index < -0.39 is 12.1 Å². The van der Waals surface area contributed by atoms with E-state index in [1.807, 2.05) is 44.2 Å². The number of nitrogens with zero attached hydrogens (tertiary/aromatic N) is 1. The predicted molar refractivity (Wildman–Crippen MR) is 71.4 cm³/mol. The number of likely N-dealkylation sites (N-methyl/N-ethyl adjacent to an activating group) is 1. The lowest BCUT2D eigenvalue weighted by Crippen LogP contribution is -2.57. The summed E-state index contributed by atoms with van der Waals surface area (Å²) in [6, 6.07) is 9.11. The van der Waals surface area contributed by atoms with Gasteiger partial charge in [-0.3, -0.25) is 4.79 Å². The number of carbonyl (C=O) groups is 2. The van der Waals surface area contributed by atoms with Crippen LogP contribution in [0.25, 0.3) is 0 Å². The van der Waals surface area contributed by atoms with Crippen LogP contribution in [-0.4, -0.2) is 36.0 Å². The van der Waals surface area contributed by atoms with Gasteiger partial charge in [-0.15, -0.1) is 0 Å². The number of hydrogen-bond donors (Lipinski definition) is 0. The van der Waals surface area contributed by atoms with E-state index in [1.165, 1.54) is 4.90 Å². The highest BCUT2D eigenvalue weighted by molar-refractivity contribution is 5.92. The molecule has 4 nitrogen and oxygen atoms in total. The molecule has 1 fully saturated rings. The molecule has 102 valence electrons. The van der Waals surface area contributed by atoms with Crippen molar-refractivity contribution < 1.29 is 14.3 Å². The van der Waals surface area contributed by atoms with Crippen molar-refractivity contribution >= 4 is 11.9 Å². The minimum atomic E-state index is -0.699. The van der Waals surface area contributed by atoms with Crippen LogP contribution in [0.5, 0.6) is 0 Å². The van der Waals surface area contributed by atoms with Crippen molar-refractivity contribution in [2.75, 3.05) is 7.05 Å². The molecule has 1 amide bonds. The van der Waals surface area contributed by atoms with Gasteiger partial charge < -0.3 is 9.64 Å². The Morgan fingerprint density at radius 3 is 2.42 bits per heavy atom. The Morgan fingerprint density at radius 2 is 1.84 bits per heavy atom. The SMILES string of the molecule is CC(C)[C@H]1C(=O)O[C@@H](Cc2ccccc2)C(=O)N1C. The van der Waals surface area contributed by atoms with Gasteiger partial charge in [0.2, 0.25) is 0 Å². The second kappa shape index (κ2) is 5.43. The first-order valence-electron chi connectivity index (χ1n) is 6.51. The third-order valence-corrected chi connectivity index (χ3v) is 3.44. The summed E-state index contributed by atoms with van der Waals surface area (Å²) in [5.74, 6) is -0.376. The zero-order chi connectivity index (χ0) is 14.0. The van der Waals surface area contributed by atoms with Crippen LogP contribution in [0.4, 0.5) is 0 Å². The fourth-order valence-electron chi connectivity index (χ4n) is 2.46. The van der Waals surface area contributed by atoms with Crippen LogP contribution in [0.2, 0.25) is 0 Å². The van der Waals surface area contributed by atoms with E-state index in [0.29, 0.717) is 6.42 Å². The number of amides is 1. The Kier molecular flexibility index (Phi) is 3.88. The highest BCUT2D eigenvalue weighted by Gasteiger charge is 2.41. The number of carbonyl (C=O) groups excluding carboxylic acids is 2. The lowest BCUT2D eigenvalue weighted by molar-refractivity contribution is -0.178. The third kappa shape index (κ3) is 2.78. The molecule has 1 saturated heterocycles. The van der Waals surface area contributed by atoms with Crippen molar-refractivity contribution in [2.24, 2.45) is 5.92 Å². The van der Waals surface area contributed by atoms with E-state index in [2.05, 4.69) is 0 Å². The number of esters is 1. The summed E-state index contributed by atoms with van der Waals surface area (Å²) in [5, 5.41) is 0. The van der Waals surface area contributed by atoms with E-state index in [0.717, 1.165) is 5.56 Å². The van der Waals surface area contributed by atoms with Gasteiger partial charge in [0.05, 0.1) is 0 Å². The predicted octanol–water partition coefficient (Wildman–Crippen LogP) is 1.64. The van der Waals surface area contributed by atoms with Gasteiger partial charge in [0.15, 0.2) is 6.10 Å². The fraction of sp³-hybridized carbons (Fsp3) is 0.467. The maximum Gasteiger partial charge on any atom is 0.329 e. The normalized spacial score (nSPS) is 23.7. The molecule has 19 heavy (non-hydrogen) atoms. The van der Waals surface area contributed by atoms with E-state index >= 15 is 0 Å². The van der Waals surface area contributed by atoms with E-state index in [1.54, 1.807) is 7.05 Å². The molecule has 2 rings (SSSR count). The van der Waals surface area contributed by atoms with E-state index in [9.17, 15) is 9.59 Å². The molecule has 0 N–H and O–H groups in total. The largest absolute Gasteiger partial charge is 0.450 e. The topological polar surface area (TPSA) is 46.6 Å². The molecule has 1 aromatic rings. The van der Waals surface area contributed by atoms with Gasteiger partial charge in [0.1, 0.15) is 6.04 Å². The van der Waals surface area contributed by atoms with Crippen molar-refractivity contribution in [1.82, 2.24) is 4.90 Å². The number of benzene rings is 1. The number of hydrogen-bond acceptors (Lipinski definition) is 3. The van der Waals surface area contributed by atoms with Crippen LogP contribution < -0.4 is 0 Å². The van der Waals surface area contributed by atoms with Gasteiger partial charge in [-0.05, 0) is 11.5 Å². The van der Waals surface area contributed by atoms with Gasteiger partial charge >= 0.3 is 5.97 Å². The summed E-state index contributed by atoms with van der Waals surface area (Å²) in [6.07, 6.45) is -0.268. The van der Waals surface area contributed by atoms with Crippen molar-refractivity contribution in [1.29, 1.82) is 0 Å². The molecule has 0 aliphatic carbocycles. The Balaban J connectivity index is 2.13. The van der Waals surface area contributed by atoms with E-state index in [-0.39, 0.29) is 17.8 Å². The molecule has 4 heteroatoms. The standard InChI is InChI=1S/C15H19NO3/c1-10(2)13-15(18)19-12(14(17)16(13)3)9-11-7-5-4-6-8-11/h4-8,10,12-13H,9H2,1-3H3/t12-,13-/m0/s1. The highest BCUT2D eigenvalue weighted by atomic mass is 16.6. The first-order chi connectivity index (χ1) is 9.00. The Hall–Kier alpha value is -1.84. The Bertz CT molecular complexity index is 470. The van der Waals surface area contributed by atoms with Crippen molar-refractivity contribution in [3.05, 3.63) is 35.9 Å². The molecule has 1 heterocycles. The molecule has 0 spiro atoms. The lowest BCUT2D eigenvalue weighted by atomic mass is 9.98. The van der Waals surface area contributed by atoms with Crippen molar-refractivity contribution in [3.8, 4) is 0 Å². The third-order valence-electron chi connectivity index (χ3n) is 3.44. The monoisotopic (exact) mass is 261 g/mol. The molecule has 1 aliphatic heterocycles. The van der Waals surface area contributed by atoms with Gasteiger partial charge in [0, 0.05) is 13.5 Å². The smallest absolute Gasteiger partial charge is 0.329 e. The summed E-state index contributed by atoms with van der Waals surface area (Å²) < 4.78 is 5.32. The number of ether oxygens (including phenoxy) is 1. The van der Waals surface area contributed by atoms with Gasteiger partial charge in [0.25, 0.3) is 5.91 Å². The minimum Gasteiger partial charge on any atom is -0.450 e. The van der Waals surface area contributed by atoms with Crippen LogP contribution in [0.15, 0.2) is 30.3 Å². The van der Waals surface area contributed by atoms with Gasteiger partial charge in [-0.1, -0.05) is 44.2 Å². The molecule has 0 radical (unpaired) electrons. The number of morpholine rings is 1. The van der Waals surface area contributed by atoms with Crippen LogP contribution in [-0.2, 0) is 20.7 Å². The quantitative estimate of drug-likeness (QED) is 0.777. The zero-order valence-corrected chi connectivity index (χ0v) is 11.5. The Labute approximate surface area is 113 Å². The van der Waals surface area contributed by atoms with Crippen LogP contribution in [0.1, 0.15) is 19.4 Å². The maximum atomic E-state index is 12.2. The van der Waals surface area contributed by atoms with Gasteiger partial charge in [-0.25, -0.2) is 4.79 Å². The second-order valence-corrected chi connectivity index (χ2v) is 5.25. The second-order valence-electron chi connectivity index (χ2n) is 5.25. The molecular formula is C15H19NO3. The average Bonchev–Trinajstić information content (AvgIpc) is 2.36. The lowest BCUT2D eigenvalue weighted by Gasteiger charge is -2.37. The van der Waals surface area contributed by atoms with Crippen LogP contribution in [0, 0.1) is 5.92 Å². The Morgan fingerprint density at radius 1 is 1.21 bits per heavy atom. The molecule has 0 aromatic heterocycles. The number of cyclic esters (lactones) is 1. The van der Waals surface area contributed by atoms with Crippen LogP contribution in [0.3, 0.4) is 0 Å². The van der Waals surface area contributed by atoms with Crippen LogP contribution >= 0.6 is 0 Å². The summed E-state index contributed by atoms with van der Waals surface area (Å²) in [7, 11) is 1.67. The fourth-order valence-corrected chi connectivity index (χ4v) is 2.46. The molecule has 0 saturated carbocycles. The molecule has 1 aliphatic rings. The minimum absolute atomic E-state index is 0.0547. The summed E-state index contributed by atoms with van der Waals surface area (Å²) in [4.78, 5) is 25.7. The van der Waals surface area contributed by atoms with E-state index in [4.69, 9.17) is 4.74 Å². The molecular weight excluding hydrogens is 242 g/mol. The zero-order valence-electron chi connectivity index (χ0n) is 11.5. The maximum absolute atomic E-state index is 12.2. The highest BCUT2D eigenvalue weighted by Crippen LogP contribution is 2.21. The first kappa shape index (κ1) is 13.6. The molecule has 2 atom stereocenters. The number of rotatable bonds is 3. The summed E-state index contributed by atoms with van der Waals surface area (Å²) >= 11 is 0. The average molecular weight is 261 g/mol. The van der Waals surface area contributed by atoms with Crippen molar-refractivity contribution in [2.45, 2.75) is 32.4 Å². The molecule has 1 aromatic carbocycles. The van der Waals surface area contributed by atoms with Gasteiger partial charge in [-0.2, -0.15) is 0 Å². The summed E-state index contributed by atoms with van der Waals surface area (Å²) in [5.41, 5.74) is 0.991. The molecule has 0 unspecified atom stereocenters.